The van der Waals surface area contributed by atoms with E-state index < -0.39 is 10.0 Å². The van der Waals surface area contributed by atoms with Crippen LogP contribution in [0.25, 0.3) is 0 Å². The van der Waals surface area contributed by atoms with Gasteiger partial charge in [0.1, 0.15) is 5.75 Å². The fraction of sp³-hybridized carbons (Fsp3) is 0.647. The molecule has 1 aromatic carbocycles. The van der Waals surface area contributed by atoms with Crippen LogP contribution < -0.4 is 9.04 Å². The Bertz CT molecular complexity index is 583. The van der Waals surface area contributed by atoms with Crippen molar-refractivity contribution in [1.82, 2.24) is 4.90 Å². The first kappa shape index (κ1) is 19.0. The molecule has 0 spiro atoms. The number of benzene rings is 1. The SMILES string of the molecule is CCCS(=O)(=O)N(CCCN1CCOCC1)c1ccc(OC)cc1. The molecular formula is C17H28N2O4S. The van der Waals surface area contributed by atoms with Gasteiger partial charge in [0.2, 0.25) is 10.0 Å². The molecule has 0 amide bonds. The standard InChI is InChI=1S/C17H28N2O4S/c1-3-15-24(20,21)19(16-5-7-17(22-2)8-6-16)10-4-9-18-11-13-23-14-12-18/h5-8H,3-4,9-15H2,1-2H3. The lowest BCUT2D eigenvalue weighted by Gasteiger charge is -2.29. The summed E-state index contributed by atoms with van der Waals surface area (Å²) < 4.78 is 37.3. The van der Waals surface area contributed by atoms with Gasteiger partial charge in [0.05, 0.1) is 31.8 Å². The van der Waals surface area contributed by atoms with Gasteiger partial charge in [0, 0.05) is 26.2 Å². The van der Waals surface area contributed by atoms with E-state index in [1.165, 1.54) is 4.31 Å². The number of ether oxygens (including phenoxy) is 2. The van der Waals surface area contributed by atoms with Crippen LogP contribution in [0.5, 0.6) is 5.75 Å². The van der Waals surface area contributed by atoms with Gasteiger partial charge in [-0.25, -0.2) is 8.42 Å². The zero-order valence-corrected chi connectivity index (χ0v) is 15.4. The van der Waals surface area contributed by atoms with Gasteiger partial charge in [-0.3, -0.25) is 9.21 Å². The van der Waals surface area contributed by atoms with E-state index in [9.17, 15) is 8.42 Å². The molecule has 1 heterocycles. The van der Waals surface area contributed by atoms with Crippen LogP contribution >= 0.6 is 0 Å². The Morgan fingerprint density at radius 1 is 1.21 bits per heavy atom. The first-order valence-corrected chi connectivity index (χ1v) is 10.1. The summed E-state index contributed by atoms with van der Waals surface area (Å²) in [6, 6.07) is 7.21. The van der Waals surface area contributed by atoms with Crippen molar-refractivity contribution in [2.75, 3.05) is 56.6 Å². The molecule has 0 radical (unpaired) electrons. The van der Waals surface area contributed by atoms with Crippen molar-refractivity contribution in [1.29, 1.82) is 0 Å². The topological polar surface area (TPSA) is 59.1 Å². The Morgan fingerprint density at radius 2 is 1.88 bits per heavy atom. The summed E-state index contributed by atoms with van der Waals surface area (Å²) in [5, 5.41) is 0. The van der Waals surface area contributed by atoms with Gasteiger partial charge in [0.15, 0.2) is 0 Å². The van der Waals surface area contributed by atoms with Crippen molar-refractivity contribution in [2.24, 2.45) is 0 Å². The smallest absolute Gasteiger partial charge is 0.235 e. The highest BCUT2D eigenvalue weighted by Gasteiger charge is 2.22. The normalized spacial score (nSPS) is 16.1. The second-order valence-corrected chi connectivity index (χ2v) is 7.91. The molecule has 0 atom stereocenters. The number of nitrogens with zero attached hydrogens (tertiary/aromatic N) is 2. The van der Waals surface area contributed by atoms with E-state index in [-0.39, 0.29) is 5.75 Å². The van der Waals surface area contributed by atoms with E-state index in [2.05, 4.69) is 4.90 Å². The maximum Gasteiger partial charge on any atom is 0.235 e. The van der Waals surface area contributed by atoms with Gasteiger partial charge >= 0.3 is 0 Å². The first-order valence-electron chi connectivity index (χ1n) is 8.51. The lowest BCUT2D eigenvalue weighted by molar-refractivity contribution is 0.0377. The molecule has 0 unspecified atom stereocenters. The zero-order chi connectivity index (χ0) is 17.4. The number of rotatable bonds is 9. The molecule has 0 saturated carbocycles. The summed E-state index contributed by atoms with van der Waals surface area (Å²) >= 11 is 0. The molecule has 136 valence electrons. The van der Waals surface area contributed by atoms with Crippen molar-refractivity contribution >= 4 is 15.7 Å². The number of methoxy groups -OCH3 is 1. The highest BCUT2D eigenvalue weighted by Crippen LogP contribution is 2.23. The van der Waals surface area contributed by atoms with Gasteiger partial charge in [-0.05, 0) is 37.1 Å². The molecule has 1 aliphatic heterocycles. The zero-order valence-electron chi connectivity index (χ0n) is 14.6. The van der Waals surface area contributed by atoms with Crippen LogP contribution in [0.4, 0.5) is 5.69 Å². The Labute approximate surface area is 145 Å². The largest absolute Gasteiger partial charge is 0.497 e. The number of hydrogen-bond acceptors (Lipinski definition) is 5. The average molecular weight is 356 g/mol. The van der Waals surface area contributed by atoms with Gasteiger partial charge in [-0.2, -0.15) is 0 Å². The summed E-state index contributed by atoms with van der Waals surface area (Å²) in [4.78, 5) is 2.32. The van der Waals surface area contributed by atoms with Gasteiger partial charge < -0.3 is 9.47 Å². The fourth-order valence-corrected chi connectivity index (χ4v) is 4.39. The summed E-state index contributed by atoms with van der Waals surface area (Å²) in [5.41, 5.74) is 0.700. The van der Waals surface area contributed by atoms with E-state index in [1.807, 2.05) is 6.92 Å². The molecule has 1 aliphatic rings. The molecule has 0 N–H and O–H groups in total. The second kappa shape index (κ2) is 9.25. The van der Waals surface area contributed by atoms with Gasteiger partial charge in [-0.15, -0.1) is 0 Å². The maximum atomic E-state index is 12.6. The summed E-state index contributed by atoms with van der Waals surface area (Å²) in [6.07, 6.45) is 1.41. The van der Waals surface area contributed by atoms with Gasteiger partial charge in [0.25, 0.3) is 0 Å². The second-order valence-electron chi connectivity index (χ2n) is 5.89. The fourth-order valence-electron chi connectivity index (χ4n) is 2.81. The lowest BCUT2D eigenvalue weighted by Crippen LogP contribution is -2.39. The highest BCUT2D eigenvalue weighted by molar-refractivity contribution is 7.92. The molecule has 0 aliphatic carbocycles. The van der Waals surface area contributed by atoms with E-state index in [0.29, 0.717) is 18.7 Å². The third kappa shape index (κ3) is 5.36. The molecular weight excluding hydrogens is 328 g/mol. The van der Waals surface area contributed by atoms with Crippen LogP contribution in [0.3, 0.4) is 0 Å². The Kier molecular flexibility index (Phi) is 7.33. The molecule has 1 saturated heterocycles. The quantitative estimate of drug-likeness (QED) is 0.677. The summed E-state index contributed by atoms with van der Waals surface area (Å²) in [5.74, 6) is 0.885. The third-order valence-electron chi connectivity index (χ3n) is 4.10. The average Bonchev–Trinajstić information content (AvgIpc) is 2.59. The molecule has 7 heteroatoms. The van der Waals surface area contributed by atoms with Crippen LogP contribution in [0, 0.1) is 0 Å². The summed E-state index contributed by atoms with van der Waals surface area (Å²) in [7, 11) is -1.70. The minimum absolute atomic E-state index is 0.163. The number of sulfonamides is 1. The molecule has 1 aromatic rings. The number of anilines is 1. The van der Waals surface area contributed by atoms with Crippen molar-refractivity contribution in [2.45, 2.75) is 19.8 Å². The van der Waals surface area contributed by atoms with Crippen LogP contribution in [0.15, 0.2) is 24.3 Å². The Balaban J connectivity index is 2.04. The van der Waals surface area contributed by atoms with Crippen molar-refractivity contribution < 1.29 is 17.9 Å². The molecule has 0 aromatic heterocycles. The van der Waals surface area contributed by atoms with Crippen molar-refractivity contribution in [3.05, 3.63) is 24.3 Å². The van der Waals surface area contributed by atoms with Crippen molar-refractivity contribution in [3.8, 4) is 5.75 Å². The predicted octanol–water partition coefficient (Wildman–Crippen LogP) is 1.96. The summed E-state index contributed by atoms with van der Waals surface area (Å²) in [6.45, 7) is 6.63. The lowest BCUT2D eigenvalue weighted by atomic mass is 10.3. The molecule has 24 heavy (non-hydrogen) atoms. The predicted molar refractivity (Wildman–Crippen MR) is 96.3 cm³/mol. The Morgan fingerprint density at radius 3 is 2.46 bits per heavy atom. The van der Waals surface area contributed by atoms with Crippen molar-refractivity contribution in [3.63, 3.8) is 0 Å². The number of hydrogen-bond donors (Lipinski definition) is 0. The third-order valence-corrected chi connectivity index (χ3v) is 6.09. The Hall–Kier alpha value is -1.31. The van der Waals surface area contributed by atoms with Gasteiger partial charge in [-0.1, -0.05) is 6.92 Å². The number of morpholine rings is 1. The minimum atomic E-state index is -3.30. The van der Waals surface area contributed by atoms with Crippen LogP contribution in [0.2, 0.25) is 0 Å². The van der Waals surface area contributed by atoms with Crippen LogP contribution in [0.1, 0.15) is 19.8 Å². The van der Waals surface area contributed by atoms with Crippen LogP contribution in [-0.4, -0.2) is 65.6 Å². The van der Waals surface area contributed by atoms with E-state index in [1.54, 1.807) is 31.4 Å². The first-order chi connectivity index (χ1) is 11.6. The monoisotopic (exact) mass is 356 g/mol. The molecule has 1 fully saturated rings. The highest BCUT2D eigenvalue weighted by atomic mass is 32.2. The van der Waals surface area contributed by atoms with E-state index in [0.717, 1.165) is 45.0 Å². The van der Waals surface area contributed by atoms with Crippen LogP contribution in [-0.2, 0) is 14.8 Å². The minimum Gasteiger partial charge on any atom is -0.497 e. The molecule has 6 nitrogen and oxygen atoms in total. The maximum absolute atomic E-state index is 12.6. The van der Waals surface area contributed by atoms with E-state index >= 15 is 0 Å². The van der Waals surface area contributed by atoms with E-state index in [4.69, 9.17) is 9.47 Å². The molecule has 2 rings (SSSR count). The molecule has 0 bridgehead atoms.